The Kier molecular flexibility index (Phi) is 3.82. The maximum atomic E-state index is 12.8. The maximum absolute atomic E-state index is 12.8. The standard InChI is InChI=1S/C20H22N6O/c1-24-18-8-3-2-6-15(18)22-19(24)17-12-14-13-25(10-5-11-26(14)23-17)20(27)16-7-4-9-21-16/h2-4,6-8,12,16,21H,5,9-11,13H2,1H3. The van der Waals surface area contributed by atoms with Gasteiger partial charge < -0.3 is 9.47 Å². The predicted octanol–water partition coefficient (Wildman–Crippen LogP) is 1.70. The van der Waals surface area contributed by atoms with Crippen molar-refractivity contribution >= 4 is 16.9 Å². The number of nitrogens with one attached hydrogen (secondary N) is 1. The van der Waals surface area contributed by atoms with Crippen LogP contribution in [0.4, 0.5) is 0 Å². The number of para-hydroxylation sites is 2. The van der Waals surface area contributed by atoms with Gasteiger partial charge in [-0.1, -0.05) is 24.3 Å². The Morgan fingerprint density at radius 1 is 1.26 bits per heavy atom. The molecule has 5 rings (SSSR count). The summed E-state index contributed by atoms with van der Waals surface area (Å²) in [6.07, 6.45) is 4.86. The van der Waals surface area contributed by atoms with Crippen molar-refractivity contribution in [1.29, 1.82) is 0 Å². The number of hydrogen-bond acceptors (Lipinski definition) is 4. The summed E-state index contributed by atoms with van der Waals surface area (Å²) in [6, 6.07) is 9.98. The van der Waals surface area contributed by atoms with Crippen molar-refractivity contribution < 1.29 is 4.79 Å². The SMILES string of the molecule is Cn1c(-c2cc3n(n2)CCCN(C(=O)C2C=CCN2)C3)nc2ccccc21. The Hall–Kier alpha value is -2.93. The highest BCUT2D eigenvalue weighted by Crippen LogP contribution is 2.25. The number of rotatable bonds is 2. The van der Waals surface area contributed by atoms with Gasteiger partial charge in [-0.2, -0.15) is 5.10 Å². The fourth-order valence-electron chi connectivity index (χ4n) is 3.97. The van der Waals surface area contributed by atoms with E-state index in [0.29, 0.717) is 6.54 Å². The van der Waals surface area contributed by atoms with Crippen LogP contribution < -0.4 is 5.32 Å². The minimum absolute atomic E-state index is 0.141. The van der Waals surface area contributed by atoms with Gasteiger partial charge in [-0.05, 0) is 24.6 Å². The molecule has 1 amide bonds. The first-order valence-electron chi connectivity index (χ1n) is 9.38. The third-order valence-electron chi connectivity index (χ3n) is 5.39. The molecule has 0 aliphatic carbocycles. The number of nitrogens with zero attached hydrogens (tertiary/aromatic N) is 5. The normalized spacial score (nSPS) is 19.4. The van der Waals surface area contributed by atoms with Gasteiger partial charge in [0.1, 0.15) is 11.7 Å². The van der Waals surface area contributed by atoms with E-state index in [9.17, 15) is 4.79 Å². The van der Waals surface area contributed by atoms with Crippen LogP contribution in [0.2, 0.25) is 0 Å². The molecule has 7 nitrogen and oxygen atoms in total. The van der Waals surface area contributed by atoms with E-state index in [2.05, 4.69) is 22.0 Å². The molecule has 3 aromatic rings. The van der Waals surface area contributed by atoms with Gasteiger partial charge in [0.05, 0.1) is 23.3 Å². The smallest absolute Gasteiger partial charge is 0.244 e. The first-order chi connectivity index (χ1) is 13.2. The average molecular weight is 362 g/mol. The zero-order valence-electron chi connectivity index (χ0n) is 15.3. The van der Waals surface area contributed by atoms with Crippen LogP contribution in [0.25, 0.3) is 22.6 Å². The Labute approximate surface area is 157 Å². The second-order valence-corrected chi connectivity index (χ2v) is 7.15. The molecule has 0 radical (unpaired) electrons. The largest absolute Gasteiger partial charge is 0.335 e. The molecular formula is C20H22N6O. The van der Waals surface area contributed by atoms with Gasteiger partial charge >= 0.3 is 0 Å². The van der Waals surface area contributed by atoms with Gasteiger partial charge in [0.25, 0.3) is 0 Å². The third-order valence-corrected chi connectivity index (χ3v) is 5.39. The lowest BCUT2D eigenvalue weighted by Gasteiger charge is -2.23. The van der Waals surface area contributed by atoms with Crippen molar-refractivity contribution in [3.8, 4) is 11.5 Å². The van der Waals surface area contributed by atoms with Crippen LogP contribution in [0.3, 0.4) is 0 Å². The number of hydrogen-bond donors (Lipinski definition) is 1. The summed E-state index contributed by atoms with van der Waals surface area (Å²) in [4.78, 5) is 19.5. The second-order valence-electron chi connectivity index (χ2n) is 7.15. The van der Waals surface area contributed by atoms with E-state index in [4.69, 9.17) is 10.1 Å². The molecule has 0 saturated heterocycles. The van der Waals surface area contributed by atoms with E-state index in [-0.39, 0.29) is 11.9 Å². The molecule has 7 heteroatoms. The summed E-state index contributed by atoms with van der Waals surface area (Å²) in [5, 5.41) is 8.01. The van der Waals surface area contributed by atoms with E-state index in [1.165, 1.54) is 0 Å². The highest BCUT2D eigenvalue weighted by atomic mass is 16.2. The van der Waals surface area contributed by atoms with E-state index in [1.54, 1.807) is 0 Å². The van der Waals surface area contributed by atoms with Crippen molar-refractivity contribution in [3.05, 3.63) is 48.2 Å². The summed E-state index contributed by atoms with van der Waals surface area (Å²) in [5.41, 5.74) is 3.97. The summed E-state index contributed by atoms with van der Waals surface area (Å²) in [5.74, 6) is 0.998. The van der Waals surface area contributed by atoms with Gasteiger partial charge in [-0.3, -0.25) is 14.8 Å². The summed E-state index contributed by atoms with van der Waals surface area (Å²) < 4.78 is 4.10. The molecule has 0 bridgehead atoms. The molecule has 138 valence electrons. The van der Waals surface area contributed by atoms with Crippen molar-refractivity contribution in [1.82, 2.24) is 29.5 Å². The first-order valence-corrected chi connectivity index (χ1v) is 9.38. The predicted molar refractivity (Wildman–Crippen MR) is 103 cm³/mol. The summed E-state index contributed by atoms with van der Waals surface area (Å²) in [7, 11) is 2.02. The van der Waals surface area contributed by atoms with E-state index >= 15 is 0 Å². The Morgan fingerprint density at radius 3 is 2.96 bits per heavy atom. The van der Waals surface area contributed by atoms with Gasteiger partial charge in [-0.25, -0.2) is 4.98 Å². The summed E-state index contributed by atoms with van der Waals surface area (Å²) in [6.45, 7) is 2.92. The zero-order valence-corrected chi connectivity index (χ0v) is 15.3. The highest BCUT2D eigenvalue weighted by Gasteiger charge is 2.27. The lowest BCUT2D eigenvalue weighted by Crippen LogP contribution is -2.43. The van der Waals surface area contributed by atoms with Gasteiger partial charge in [0.15, 0.2) is 5.82 Å². The van der Waals surface area contributed by atoms with Gasteiger partial charge in [-0.15, -0.1) is 0 Å². The molecule has 1 unspecified atom stereocenters. The molecule has 0 saturated carbocycles. The Bertz CT molecular complexity index is 1050. The fourth-order valence-corrected chi connectivity index (χ4v) is 3.97. The Morgan fingerprint density at radius 2 is 2.15 bits per heavy atom. The summed E-state index contributed by atoms with van der Waals surface area (Å²) >= 11 is 0. The van der Waals surface area contributed by atoms with E-state index < -0.39 is 0 Å². The van der Waals surface area contributed by atoms with Crippen LogP contribution in [-0.2, 0) is 24.9 Å². The van der Waals surface area contributed by atoms with Crippen LogP contribution in [0.5, 0.6) is 0 Å². The molecule has 0 spiro atoms. The van der Waals surface area contributed by atoms with Crippen LogP contribution in [-0.4, -0.2) is 49.3 Å². The minimum Gasteiger partial charge on any atom is -0.335 e. The molecule has 2 aromatic heterocycles. The molecule has 1 N–H and O–H groups in total. The quantitative estimate of drug-likeness (QED) is 0.705. The van der Waals surface area contributed by atoms with Gasteiger partial charge in [0.2, 0.25) is 5.91 Å². The molecule has 2 aliphatic rings. The first kappa shape index (κ1) is 16.3. The number of aromatic nitrogens is 4. The van der Waals surface area contributed by atoms with Crippen molar-refractivity contribution in [2.24, 2.45) is 7.05 Å². The van der Waals surface area contributed by atoms with Crippen LogP contribution >= 0.6 is 0 Å². The number of fused-ring (bicyclic) bond motifs is 2. The lowest BCUT2D eigenvalue weighted by molar-refractivity contribution is -0.132. The molecule has 0 fully saturated rings. The van der Waals surface area contributed by atoms with Crippen molar-refractivity contribution in [3.63, 3.8) is 0 Å². The van der Waals surface area contributed by atoms with E-state index in [1.807, 2.05) is 47.0 Å². The topological polar surface area (TPSA) is 68.0 Å². The third kappa shape index (κ3) is 2.75. The molecule has 2 aliphatic heterocycles. The highest BCUT2D eigenvalue weighted by molar-refractivity contribution is 5.84. The van der Waals surface area contributed by atoms with Crippen molar-refractivity contribution in [2.45, 2.75) is 25.6 Å². The molecule has 27 heavy (non-hydrogen) atoms. The number of aryl methyl sites for hydroxylation is 2. The molecule has 4 heterocycles. The zero-order chi connectivity index (χ0) is 18.4. The monoisotopic (exact) mass is 362 g/mol. The maximum Gasteiger partial charge on any atom is 0.244 e. The molecule has 1 aromatic carbocycles. The number of carbonyl (C=O) groups excluding carboxylic acids is 1. The average Bonchev–Trinajstić information content (AvgIpc) is 3.39. The van der Waals surface area contributed by atoms with Crippen molar-refractivity contribution in [2.75, 3.05) is 13.1 Å². The van der Waals surface area contributed by atoms with Gasteiger partial charge in [0, 0.05) is 26.7 Å². The molecule has 1 atom stereocenters. The van der Waals surface area contributed by atoms with E-state index in [0.717, 1.165) is 54.3 Å². The van der Waals surface area contributed by atoms with Crippen LogP contribution in [0.15, 0.2) is 42.5 Å². The number of benzene rings is 1. The lowest BCUT2D eigenvalue weighted by atomic mass is 10.2. The number of carbonyl (C=O) groups is 1. The second kappa shape index (κ2) is 6.35. The van der Waals surface area contributed by atoms with Crippen LogP contribution in [0.1, 0.15) is 12.1 Å². The number of amides is 1. The molecular weight excluding hydrogens is 340 g/mol. The van der Waals surface area contributed by atoms with Crippen LogP contribution in [0, 0.1) is 0 Å². The fraction of sp³-hybridized carbons (Fsp3) is 0.350. The minimum atomic E-state index is -0.196. The number of imidazole rings is 1. The Balaban J connectivity index is 1.47.